The lowest BCUT2D eigenvalue weighted by molar-refractivity contribution is 0.147. The highest BCUT2D eigenvalue weighted by Gasteiger charge is 2.22. The van der Waals surface area contributed by atoms with E-state index in [1.165, 1.54) is 6.20 Å². The van der Waals surface area contributed by atoms with E-state index in [0.29, 0.717) is 0 Å². The van der Waals surface area contributed by atoms with E-state index in [0.717, 1.165) is 5.56 Å². The first-order valence-electron chi connectivity index (χ1n) is 6.10. The summed E-state index contributed by atoms with van der Waals surface area (Å²) in [6.07, 6.45) is 2.16. The van der Waals surface area contributed by atoms with E-state index < -0.39 is 15.9 Å². The van der Waals surface area contributed by atoms with Crippen molar-refractivity contribution >= 4 is 9.84 Å². The van der Waals surface area contributed by atoms with Gasteiger partial charge >= 0.3 is 0 Å². The number of rotatable bonds is 5. The molecule has 0 aliphatic carbocycles. The fourth-order valence-electron chi connectivity index (χ4n) is 1.43. The Bertz CT molecular complexity index is 495. The fourth-order valence-corrected chi connectivity index (χ4v) is 3.00. The van der Waals surface area contributed by atoms with Crippen LogP contribution in [-0.2, 0) is 9.84 Å². The number of sulfone groups is 1. The minimum atomic E-state index is -3.47. The van der Waals surface area contributed by atoms with Gasteiger partial charge in [0.25, 0.3) is 0 Å². The molecule has 0 amide bonds. The van der Waals surface area contributed by atoms with Crippen LogP contribution in [0.5, 0.6) is 0 Å². The fraction of sp³-hybridized carbons (Fsp3) is 0.615. The molecule has 0 aliphatic heterocycles. The number of pyridine rings is 1. The van der Waals surface area contributed by atoms with Gasteiger partial charge in [-0.1, -0.05) is 27.7 Å². The van der Waals surface area contributed by atoms with Crippen molar-refractivity contribution in [3.05, 3.63) is 24.0 Å². The van der Waals surface area contributed by atoms with Crippen molar-refractivity contribution in [3.8, 4) is 0 Å². The number of hydrogen-bond donors (Lipinski definition) is 1. The highest BCUT2D eigenvalue weighted by atomic mass is 32.2. The Balaban J connectivity index is 3.02. The molecule has 0 saturated carbocycles. The van der Waals surface area contributed by atoms with Crippen LogP contribution in [0.3, 0.4) is 0 Å². The average molecular weight is 271 g/mol. The minimum Gasteiger partial charge on any atom is -0.392 e. The summed E-state index contributed by atoms with van der Waals surface area (Å²) in [5, 5.41) is 9.70. The highest BCUT2D eigenvalue weighted by Crippen LogP contribution is 2.19. The third-order valence-electron chi connectivity index (χ3n) is 2.92. The predicted molar refractivity (Wildman–Crippen MR) is 71.2 cm³/mol. The van der Waals surface area contributed by atoms with Gasteiger partial charge in [-0.3, -0.25) is 4.98 Å². The smallest absolute Gasteiger partial charge is 0.182 e. The van der Waals surface area contributed by atoms with Crippen LogP contribution < -0.4 is 0 Å². The third kappa shape index (κ3) is 3.78. The summed E-state index contributed by atoms with van der Waals surface area (Å²) in [7, 11) is -3.47. The monoisotopic (exact) mass is 271 g/mol. The standard InChI is InChI=1S/C13H21NO3S/c1-9(2)11-5-12(7-14-6-11)18(16,17)8-13(15)10(3)4/h5-7,9-10,13,15H,8H2,1-4H3. The molecule has 102 valence electrons. The Morgan fingerprint density at radius 2 is 1.83 bits per heavy atom. The summed E-state index contributed by atoms with van der Waals surface area (Å²) in [4.78, 5) is 4.15. The van der Waals surface area contributed by atoms with Gasteiger partial charge in [0.1, 0.15) is 0 Å². The minimum absolute atomic E-state index is 0.0824. The van der Waals surface area contributed by atoms with E-state index in [1.807, 2.05) is 13.8 Å². The van der Waals surface area contributed by atoms with Gasteiger partial charge < -0.3 is 5.11 Å². The number of nitrogens with zero attached hydrogens (tertiary/aromatic N) is 1. The molecule has 0 radical (unpaired) electrons. The molecule has 1 aromatic rings. The van der Waals surface area contributed by atoms with E-state index in [1.54, 1.807) is 26.1 Å². The Hall–Kier alpha value is -0.940. The second kappa shape index (κ2) is 5.80. The van der Waals surface area contributed by atoms with Gasteiger partial charge in [0, 0.05) is 12.4 Å². The van der Waals surface area contributed by atoms with E-state index in [-0.39, 0.29) is 22.5 Å². The van der Waals surface area contributed by atoms with Gasteiger partial charge in [-0.05, 0) is 23.5 Å². The molecule has 1 atom stereocenters. The van der Waals surface area contributed by atoms with Gasteiger partial charge in [0.2, 0.25) is 0 Å². The van der Waals surface area contributed by atoms with Crippen molar-refractivity contribution in [1.29, 1.82) is 0 Å². The SMILES string of the molecule is CC(C)c1cncc(S(=O)(=O)CC(O)C(C)C)c1. The molecule has 18 heavy (non-hydrogen) atoms. The first-order chi connectivity index (χ1) is 8.24. The molecule has 0 spiro atoms. The lowest BCUT2D eigenvalue weighted by atomic mass is 10.1. The predicted octanol–water partition coefficient (Wildman–Crippen LogP) is 2.00. The number of hydrogen-bond acceptors (Lipinski definition) is 4. The van der Waals surface area contributed by atoms with Gasteiger partial charge in [-0.15, -0.1) is 0 Å². The second-order valence-electron chi connectivity index (χ2n) is 5.20. The number of aromatic nitrogens is 1. The van der Waals surface area contributed by atoms with E-state index in [4.69, 9.17) is 0 Å². The van der Waals surface area contributed by atoms with Crippen LogP contribution in [-0.4, -0.2) is 30.4 Å². The Labute approximate surface area is 109 Å². The first-order valence-corrected chi connectivity index (χ1v) is 7.75. The van der Waals surface area contributed by atoms with Crippen LogP contribution in [0, 0.1) is 5.92 Å². The first kappa shape index (κ1) is 15.1. The van der Waals surface area contributed by atoms with Gasteiger partial charge in [0.05, 0.1) is 16.8 Å². The molecule has 1 unspecified atom stereocenters. The maximum atomic E-state index is 12.1. The summed E-state index contributed by atoms with van der Waals surface area (Å²) >= 11 is 0. The molecule has 1 rings (SSSR count). The van der Waals surface area contributed by atoms with Gasteiger partial charge in [0.15, 0.2) is 9.84 Å². The number of aliphatic hydroxyl groups is 1. The molecule has 1 aromatic heterocycles. The van der Waals surface area contributed by atoms with Crippen molar-refractivity contribution in [2.75, 3.05) is 5.75 Å². The van der Waals surface area contributed by atoms with Gasteiger partial charge in [-0.2, -0.15) is 0 Å². The molecule has 0 bridgehead atoms. The van der Waals surface area contributed by atoms with E-state index in [2.05, 4.69) is 4.98 Å². The van der Waals surface area contributed by atoms with Crippen LogP contribution in [0.25, 0.3) is 0 Å². The topological polar surface area (TPSA) is 67.3 Å². The summed E-state index contributed by atoms with van der Waals surface area (Å²) in [6, 6.07) is 1.64. The van der Waals surface area contributed by atoms with Crippen molar-refractivity contribution in [1.82, 2.24) is 4.98 Å². The summed E-state index contributed by atoms with van der Waals surface area (Å²) in [6.45, 7) is 7.55. The van der Waals surface area contributed by atoms with Gasteiger partial charge in [-0.25, -0.2) is 8.42 Å². The molecule has 0 aliphatic rings. The molecule has 4 nitrogen and oxygen atoms in total. The molecular formula is C13H21NO3S. The molecule has 1 heterocycles. The maximum absolute atomic E-state index is 12.1. The molecule has 0 fully saturated rings. The molecule has 1 N–H and O–H groups in total. The largest absolute Gasteiger partial charge is 0.392 e. The molecule has 0 aromatic carbocycles. The Morgan fingerprint density at radius 3 is 2.33 bits per heavy atom. The summed E-state index contributed by atoms with van der Waals surface area (Å²) in [5.74, 6) is -0.114. The van der Waals surface area contributed by atoms with Crippen LogP contribution in [0.1, 0.15) is 39.2 Å². The average Bonchev–Trinajstić information content (AvgIpc) is 2.28. The molecular weight excluding hydrogens is 250 g/mol. The van der Waals surface area contributed by atoms with Crippen LogP contribution in [0.2, 0.25) is 0 Å². The normalized spacial score (nSPS) is 14.2. The lowest BCUT2D eigenvalue weighted by Gasteiger charge is -2.15. The van der Waals surface area contributed by atoms with Crippen LogP contribution in [0.15, 0.2) is 23.4 Å². The summed E-state index contributed by atoms with van der Waals surface area (Å²) < 4.78 is 24.2. The van der Waals surface area contributed by atoms with E-state index >= 15 is 0 Å². The second-order valence-corrected chi connectivity index (χ2v) is 7.24. The number of aliphatic hydroxyl groups excluding tert-OH is 1. The van der Waals surface area contributed by atoms with E-state index in [9.17, 15) is 13.5 Å². The Kier molecular flexibility index (Phi) is 4.87. The van der Waals surface area contributed by atoms with Crippen molar-refractivity contribution in [2.45, 2.75) is 44.6 Å². The van der Waals surface area contributed by atoms with Crippen molar-refractivity contribution in [2.24, 2.45) is 5.92 Å². The van der Waals surface area contributed by atoms with Crippen molar-refractivity contribution in [3.63, 3.8) is 0 Å². The van der Waals surface area contributed by atoms with Crippen LogP contribution >= 0.6 is 0 Å². The quantitative estimate of drug-likeness (QED) is 0.889. The highest BCUT2D eigenvalue weighted by molar-refractivity contribution is 7.91. The lowest BCUT2D eigenvalue weighted by Crippen LogP contribution is -2.25. The Morgan fingerprint density at radius 1 is 1.22 bits per heavy atom. The molecule has 5 heteroatoms. The zero-order chi connectivity index (χ0) is 13.9. The molecule has 0 saturated heterocycles. The van der Waals surface area contributed by atoms with Crippen molar-refractivity contribution < 1.29 is 13.5 Å². The summed E-state index contributed by atoms with van der Waals surface area (Å²) in [5.41, 5.74) is 0.884. The van der Waals surface area contributed by atoms with Crippen LogP contribution in [0.4, 0.5) is 0 Å². The third-order valence-corrected chi connectivity index (χ3v) is 4.64. The zero-order valence-corrected chi connectivity index (χ0v) is 12.1. The zero-order valence-electron chi connectivity index (χ0n) is 11.3. The maximum Gasteiger partial charge on any atom is 0.182 e.